The molecule has 0 spiro atoms. The molecule has 0 aliphatic carbocycles. The van der Waals surface area contributed by atoms with Crippen molar-refractivity contribution in [3.05, 3.63) is 17.5 Å². The lowest BCUT2D eigenvalue weighted by Crippen LogP contribution is -2.32. The van der Waals surface area contributed by atoms with Crippen LogP contribution in [0, 0.1) is 6.92 Å². The van der Waals surface area contributed by atoms with Gasteiger partial charge in [0, 0.05) is 43.1 Å². The molecule has 1 aliphatic rings. The van der Waals surface area contributed by atoms with E-state index in [2.05, 4.69) is 53.0 Å². The highest BCUT2D eigenvalue weighted by molar-refractivity contribution is 5.34. The van der Waals surface area contributed by atoms with E-state index in [0.29, 0.717) is 6.04 Å². The van der Waals surface area contributed by atoms with E-state index >= 15 is 0 Å². The average Bonchev–Trinajstić information content (AvgIpc) is 2.90. The number of aryl methyl sites for hydroxylation is 1. The number of nitrogens with zero attached hydrogens (tertiary/aromatic N) is 4. The van der Waals surface area contributed by atoms with Crippen LogP contribution in [0.25, 0.3) is 0 Å². The quantitative estimate of drug-likeness (QED) is 0.797. The third-order valence-electron chi connectivity index (χ3n) is 3.99. The van der Waals surface area contributed by atoms with Gasteiger partial charge in [-0.3, -0.25) is 0 Å². The van der Waals surface area contributed by atoms with Gasteiger partial charge in [-0.25, -0.2) is 9.97 Å². The summed E-state index contributed by atoms with van der Waals surface area (Å²) >= 11 is 0. The van der Waals surface area contributed by atoms with Crippen molar-refractivity contribution in [2.45, 2.75) is 39.3 Å². The molecule has 1 aliphatic heterocycles. The summed E-state index contributed by atoms with van der Waals surface area (Å²) in [7, 11) is 4.28. The van der Waals surface area contributed by atoms with E-state index in [4.69, 9.17) is 0 Å². The lowest BCUT2D eigenvalue weighted by molar-refractivity contribution is 0.315. The molecule has 1 aromatic rings. The Morgan fingerprint density at radius 1 is 1.45 bits per heavy atom. The molecule has 2 rings (SSSR count). The van der Waals surface area contributed by atoms with E-state index < -0.39 is 0 Å². The normalized spacial score (nSPS) is 19.1. The molecule has 0 bridgehead atoms. The summed E-state index contributed by atoms with van der Waals surface area (Å²) in [6.07, 6.45) is 4.32. The number of rotatable bonds is 6. The summed E-state index contributed by atoms with van der Waals surface area (Å²) in [5.41, 5.74) is 2.29. The Hall–Kier alpha value is -1.20. The molecule has 20 heavy (non-hydrogen) atoms. The zero-order chi connectivity index (χ0) is 14.5. The Morgan fingerprint density at radius 2 is 2.25 bits per heavy atom. The predicted molar refractivity (Wildman–Crippen MR) is 83.1 cm³/mol. The highest BCUT2D eigenvalue weighted by Gasteiger charge is 2.25. The molecule has 1 unspecified atom stereocenters. The molecule has 0 amide bonds. The first kappa shape index (κ1) is 15.2. The van der Waals surface area contributed by atoms with Crippen LogP contribution in [0.5, 0.6) is 0 Å². The van der Waals surface area contributed by atoms with Crippen LogP contribution in [-0.4, -0.2) is 54.6 Å². The second-order valence-corrected chi connectivity index (χ2v) is 5.81. The van der Waals surface area contributed by atoms with Crippen LogP contribution < -0.4 is 10.2 Å². The molecular formula is C15H27N5. The fraction of sp³-hybridized carbons (Fsp3) is 0.733. The van der Waals surface area contributed by atoms with Gasteiger partial charge < -0.3 is 15.1 Å². The van der Waals surface area contributed by atoms with E-state index in [1.54, 1.807) is 0 Å². The van der Waals surface area contributed by atoms with Crippen LogP contribution in [0.2, 0.25) is 0 Å². The second kappa shape index (κ2) is 6.99. The fourth-order valence-corrected chi connectivity index (χ4v) is 2.55. The van der Waals surface area contributed by atoms with Crippen molar-refractivity contribution in [1.29, 1.82) is 0 Å². The van der Waals surface area contributed by atoms with Gasteiger partial charge in [0.05, 0.1) is 0 Å². The van der Waals surface area contributed by atoms with Gasteiger partial charge in [0.1, 0.15) is 0 Å². The molecule has 112 valence electrons. The Balaban J connectivity index is 1.98. The van der Waals surface area contributed by atoms with Crippen molar-refractivity contribution >= 4 is 5.95 Å². The maximum Gasteiger partial charge on any atom is 0.225 e. The van der Waals surface area contributed by atoms with Gasteiger partial charge in [0.2, 0.25) is 5.95 Å². The molecule has 0 saturated carbocycles. The van der Waals surface area contributed by atoms with Crippen LogP contribution in [0.1, 0.15) is 31.0 Å². The minimum atomic E-state index is 0.616. The monoisotopic (exact) mass is 277 g/mol. The van der Waals surface area contributed by atoms with Crippen LogP contribution in [0.15, 0.2) is 6.20 Å². The molecule has 1 saturated heterocycles. The number of nitrogens with one attached hydrogen (secondary N) is 1. The zero-order valence-electron chi connectivity index (χ0n) is 13.2. The van der Waals surface area contributed by atoms with Crippen molar-refractivity contribution in [2.24, 2.45) is 0 Å². The molecule has 1 atom stereocenters. The molecule has 0 radical (unpaired) electrons. The Morgan fingerprint density at radius 3 is 2.85 bits per heavy atom. The van der Waals surface area contributed by atoms with Gasteiger partial charge in [-0.05, 0) is 40.4 Å². The summed E-state index contributed by atoms with van der Waals surface area (Å²) in [5, 5.41) is 3.40. The maximum absolute atomic E-state index is 4.68. The first-order valence-corrected chi connectivity index (χ1v) is 7.56. The topological polar surface area (TPSA) is 44.3 Å². The Labute approximate surface area is 122 Å². The van der Waals surface area contributed by atoms with Crippen molar-refractivity contribution in [3.8, 4) is 0 Å². The lowest BCUT2D eigenvalue weighted by Gasteiger charge is -2.20. The predicted octanol–water partition coefficient (Wildman–Crippen LogP) is 1.42. The van der Waals surface area contributed by atoms with Gasteiger partial charge in [-0.2, -0.15) is 0 Å². The van der Waals surface area contributed by atoms with E-state index in [9.17, 15) is 0 Å². The summed E-state index contributed by atoms with van der Waals surface area (Å²) in [4.78, 5) is 13.8. The van der Waals surface area contributed by atoms with Crippen molar-refractivity contribution in [1.82, 2.24) is 20.2 Å². The SMILES string of the molecule is CCCNCc1cnc(N2CCC(N(C)C)C2)nc1C. The Kier molecular flexibility index (Phi) is 5.31. The van der Waals surface area contributed by atoms with Gasteiger partial charge in [0.15, 0.2) is 0 Å². The Bertz CT molecular complexity index is 432. The van der Waals surface area contributed by atoms with Crippen molar-refractivity contribution < 1.29 is 0 Å². The van der Waals surface area contributed by atoms with Crippen LogP contribution >= 0.6 is 0 Å². The van der Waals surface area contributed by atoms with Crippen LogP contribution in [0.4, 0.5) is 5.95 Å². The van der Waals surface area contributed by atoms with E-state index in [-0.39, 0.29) is 0 Å². The number of hydrogen-bond donors (Lipinski definition) is 1. The molecule has 5 nitrogen and oxygen atoms in total. The fourth-order valence-electron chi connectivity index (χ4n) is 2.55. The molecule has 1 aromatic heterocycles. The van der Waals surface area contributed by atoms with Crippen LogP contribution in [0.3, 0.4) is 0 Å². The highest BCUT2D eigenvalue weighted by Crippen LogP contribution is 2.19. The van der Waals surface area contributed by atoms with Gasteiger partial charge >= 0.3 is 0 Å². The average molecular weight is 277 g/mol. The van der Waals surface area contributed by atoms with Crippen LogP contribution in [-0.2, 0) is 6.54 Å². The van der Waals surface area contributed by atoms with E-state index in [1.807, 2.05) is 6.20 Å². The van der Waals surface area contributed by atoms with Gasteiger partial charge in [0.25, 0.3) is 0 Å². The minimum Gasteiger partial charge on any atom is -0.339 e. The number of hydrogen-bond acceptors (Lipinski definition) is 5. The molecular weight excluding hydrogens is 250 g/mol. The highest BCUT2D eigenvalue weighted by atomic mass is 15.3. The number of likely N-dealkylation sites (N-methyl/N-ethyl adjacent to an activating group) is 1. The first-order chi connectivity index (χ1) is 9.61. The van der Waals surface area contributed by atoms with E-state index in [1.165, 1.54) is 12.0 Å². The third-order valence-corrected chi connectivity index (χ3v) is 3.99. The molecule has 2 heterocycles. The molecule has 1 fully saturated rings. The first-order valence-electron chi connectivity index (χ1n) is 7.56. The summed E-state index contributed by atoms with van der Waals surface area (Å²) in [6.45, 7) is 8.23. The smallest absolute Gasteiger partial charge is 0.225 e. The lowest BCUT2D eigenvalue weighted by atomic mass is 10.2. The second-order valence-electron chi connectivity index (χ2n) is 5.81. The van der Waals surface area contributed by atoms with Crippen molar-refractivity contribution in [2.75, 3.05) is 38.6 Å². The number of anilines is 1. The largest absolute Gasteiger partial charge is 0.339 e. The minimum absolute atomic E-state index is 0.616. The molecule has 0 aromatic carbocycles. The third kappa shape index (κ3) is 3.67. The van der Waals surface area contributed by atoms with Gasteiger partial charge in [-0.1, -0.05) is 6.92 Å². The standard InChI is InChI=1S/C15H27N5/c1-5-7-16-9-13-10-17-15(18-12(13)2)20-8-6-14(11-20)19(3)4/h10,14,16H,5-9,11H2,1-4H3. The summed E-state index contributed by atoms with van der Waals surface area (Å²) < 4.78 is 0. The zero-order valence-corrected chi connectivity index (χ0v) is 13.2. The van der Waals surface area contributed by atoms with Gasteiger partial charge in [-0.15, -0.1) is 0 Å². The van der Waals surface area contributed by atoms with Crippen molar-refractivity contribution in [3.63, 3.8) is 0 Å². The number of aromatic nitrogens is 2. The summed E-state index contributed by atoms with van der Waals surface area (Å²) in [6, 6.07) is 0.616. The summed E-state index contributed by atoms with van der Waals surface area (Å²) in [5.74, 6) is 0.881. The molecule has 1 N–H and O–H groups in total. The van der Waals surface area contributed by atoms with E-state index in [0.717, 1.165) is 44.2 Å². The molecule has 5 heteroatoms. The maximum atomic E-state index is 4.68.